The quantitative estimate of drug-likeness (QED) is 0.144. The first-order valence-electron chi connectivity index (χ1n) is 20.5. The summed E-state index contributed by atoms with van der Waals surface area (Å²) >= 11 is 5.85. The number of anilines is 1. The Bertz CT molecular complexity index is 1850. The highest BCUT2D eigenvalue weighted by atomic mass is 32.1. The van der Waals surface area contributed by atoms with Gasteiger partial charge in [-0.05, 0) is 115 Å². The van der Waals surface area contributed by atoms with Crippen molar-refractivity contribution in [3.8, 4) is 5.75 Å². The minimum Gasteiger partial charge on any atom is -0.508 e. The van der Waals surface area contributed by atoms with E-state index < -0.39 is 29.9 Å². The molecule has 17 heteroatoms. The summed E-state index contributed by atoms with van der Waals surface area (Å²) in [5.74, 6) is -2.92. The number of aromatic hydroxyl groups is 1. The van der Waals surface area contributed by atoms with Crippen LogP contribution in [0.5, 0.6) is 5.75 Å². The molecule has 5 unspecified atom stereocenters. The first-order chi connectivity index (χ1) is 28.1. The van der Waals surface area contributed by atoms with E-state index in [4.69, 9.17) is 12.2 Å². The predicted molar refractivity (Wildman–Crippen MR) is 222 cm³/mol. The Balaban J connectivity index is 1.17. The number of rotatable bonds is 12. The van der Waals surface area contributed by atoms with Gasteiger partial charge in [0.25, 0.3) is 0 Å². The normalized spacial score (nSPS) is 28.5. The van der Waals surface area contributed by atoms with Gasteiger partial charge >= 0.3 is 23.9 Å². The first-order valence-corrected chi connectivity index (χ1v) is 20.9. The fourth-order valence-electron chi connectivity index (χ4n) is 10.4. The van der Waals surface area contributed by atoms with E-state index in [0.29, 0.717) is 29.3 Å². The van der Waals surface area contributed by atoms with Gasteiger partial charge in [-0.2, -0.15) is 0 Å². The van der Waals surface area contributed by atoms with Gasteiger partial charge in [-0.15, -0.1) is 0 Å². The third-order valence-electron chi connectivity index (χ3n) is 13.3. The van der Waals surface area contributed by atoms with Gasteiger partial charge < -0.3 is 41.3 Å². The van der Waals surface area contributed by atoms with Gasteiger partial charge in [-0.25, -0.2) is 0 Å². The third kappa shape index (κ3) is 11.3. The number of thiocarbonyl (C=S) groups is 1. The number of nitrogens with one attached hydrogen (secondary N) is 2. The van der Waals surface area contributed by atoms with Crippen molar-refractivity contribution in [3.63, 3.8) is 0 Å². The van der Waals surface area contributed by atoms with Crippen molar-refractivity contribution in [3.05, 3.63) is 59.2 Å². The van der Waals surface area contributed by atoms with E-state index in [9.17, 15) is 49.8 Å². The van der Waals surface area contributed by atoms with Crippen LogP contribution in [-0.4, -0.2) is 163 Å². The predicted octanol–water partition coefficient (Wildman–Crippen LogP) is 2.57. The zero-order valence-electron chi connectivity index (χ0n) is 33.5. The van der Waals surface area contributed by atoms with Crippen LogP contribution in [-0.2, 0) is 25.6 Å². The fourth-order valence-corrected chi connectivity index (χ4v) is 10.6. The van der Waals surface area contributed by atoms with E-state index in [0.717, 1.165) is 48.9 Å². The topological polar surface area (TPSA) is 227 Å². The second-order valence-electron chi connectivity index (χ2n) is 17.1. The second-order valence-corrected chi connectivity index (χ2v) is 17.5. The molecular weight excluding hydrogens is 781 g/mol. The minimum absolute atomic E-state index is 0.100. The maximum absolute atomic E-state index is 12.2. The number of benzene rings is 2. The van der Waals surface area contributed by atoms with Crippen LogP contribution in [0.25, 0.3) is 0 Å². The van der Waals surface area contributed by atoms with Gasteiger partial charge in [0.05, 0.1) is 38.3 Å². The molecule has 1 heterocycles. The Morgan fingerprint density at radius 2 is 1.36 bits per heavy atom. The van der Waals surface area contributed by atoms with Crippen LogP contribution in [0, 0.1) is 17.3 Å². The van der Waals surface area contributed by atoms with Crippen LogP contribution in [0.4, 0.5) is 5.69 Å². The fraction of sp³-hybridized carbons (Fsp3) is 0.595. The lowest BCUT2D eigenvalue weighted by atomic mass is 9.54. The van der Waals surface area contributed by atoms with Gasteiger partial charge in [0.1, 0.15) is 5.75 Å². The Kier molecular flexibility index (Phi) is 14.5. The molecule has 0 spiro atoms. The lowest BCUT2D eigenvalue weighted by molar-refractivity contribution is -0.142. The molecule has 2 aromatic rings. The molecule has 0 bridgehead atoms. The summed E-state index contributed by atoms with van der Waals surface area (Å²) in [5.41, 5.74) is 3.74. The lowest BCUT2D eigenvalue weighted by Gasteiger charge is -2.51. The van der Waals surface area contributed by atoms with E-state index >= 15 is 0 Å². The number of fused-ring (bicyclic) bond motifs is 5. The highest BCUT2D eigenvalue weighted by Crippen LogP contribution is 2.62. The van der Waals surface area contributed by atoms with Gasteiger partial charge in [0.15, 0.2) is 5.11 Å². The number of phenolic OH excluding ortho intramolecular Hbond substituents is 1. The Morgan fingerprint density at radius 1 is 0.763 bits per heavy atom. The number of hydrogen-bond acceptors (Lipinski definition) is 11. The number of aliphatic carboxylic acids is 4. The Morgan fingerprint density at radius 3 is 1.98 bits per heavy atom. The number of carboxylic acid groups (broad SMARTS) is 4. The molecule has 2 saturated carbocycles. The van der Waals surface area contributed by atoms with Crippen molar-refractivity contribution in [1.82, 2.24) is 24.9 Å². The highest BCUT2D eigenvalue weighted by Gasteiger charge is 2.55. The number of aliphatic hydroxyl groups is 1. The minimum atomic E-state index is -1.07. The van der Waals surface area contributed by atoms with Gasteiger partial charge in [0.2, 0.25) is 0 Å². The zero-order valence-corrected chi connectivity index (χ0v) is 34.4. The SMILES string of the molecule is C[C@]12CCC3c4ccc(O)cc4C(NC(=S)Nc4ccc(CC5CN(CC(=O)O)CCN(CC(=O)O)CCN(CC(=O)O)CCN5CC(=O)O)cc4)CC3C1CC[C@@H]2O. The van der Waals surface area contributed by atoms with Gasteiger partial charge in [-0.3, -0.25) is 38.8 Å². The molecule has 59 heavy (non-hydrogen) atoms. The van der Waals surface area contributed by atoms with E-state index in [-0.39, 0.29) is 95.3 Å². The molecule has 3 aliphatic carbocycles. The number of phenols is 1. The largest absolute Gasteiger partial charge is 0.508 e. The average Bonchev–Trinajstić information content (AvgIpc) is 3.47. The van der Waals surface area contributed by atoms with E-state index in [1.54, 1.807) is 25.7 Å². The molecule has 6 rings (SSSR count). The van der Waals surface area contributed by atoms with E-state index in [1.165, 1.54) is 5.56 Å². The molecule has 16 nitrogen and oxygen atoms in total. The maximum atomic E-state index is 12.2. The van der Waals surface area contributed by atoms with Crippen LogP contribution < -0.4 is 10.6 Å². The van der Waals surface area contributed by atoms with Crippen LogP contribution in [0.15, 0.2) is 42.5 Å². The molecular formula is C42H58N6O10S. The molecule has 322 valence electrons. The Hall–Kier alpha value is -4.39. The number of nitrogens with zero attached hydrogens (tertiary/aromatic N) is 4. The number of carboxylic acids is 4. The van der Waals surface area contributed by atoms with Crippen LogP contribution >= 0.6 is 12.2 Å². The smallest absolute Gasteiger partial charge is 0.317 e. The summed E-state index contributed by atoms with van der Waals surface area (Å²) < 4.78 is 0. The summed E-state index contributed by atoms with van der Waals surface area (Å²) in [7, 11) is 0. The van der Waals surface area contributed by atoms with E-state index in [2.05, 4.69) is 17.6 Å². The number of aliphatic hydroxyl groups excluding tert-OH is 1. The maximum Gasteiger partial charge on any atom is 0.317 e. The van der Waals surface area contributed by atoms with Crippen molar-refractivity contribution in [2.75, 3.05) is 77.3 Å². The standard InChI is InChI=1S/C42H58N6O10S/c1-42-11-10-31-30-7-6-29(49)19-33(30)35(20-32(31)34(42)8-9-36(42)50)44-41(59)43-27-4-2-26(3-5-27)18-28-21-47(24-39(55)56)15-14-45(22-37(51)52)12-13-46(23-38(53)54)16-17-48(28)25-40(57)58/h2-7,19,28,31-32,34-36,49-50H,8-18,20-25H2,1H3,(H,51,52)(H,53,54)(H,55,56)(H,57,58)(H2,43,44,59)/t28?,31?,32?,34?,35?,36-,42-/m0/s1. The van der Waals surface area contributed by atoms with Crippen molar-refractivity contribution in [2.24, 2.45) is 17.3 Å². The number of hydrogen-bond donors (Lipinski definition) is 8. The number of carbonyl (C=O) groups is 4. The Labute approximate surface area is 349 Å². The molecule has 0 radical (unpaired) electrons. The molecule has 7 atom stereocenters. The summed E-state index contributed by atoms with van der Waals surface area (Å²) in [5, 5.41) is 67.5. The van der Waals surface area contributed by atoms with Crippen molar-refractivity contribution < 1.29 is 49.8 Å². The monoisotopic (exact) mass is 838 g/mol. The van der Waals surface area contributed by atoms with Gasteiger partial charge in [0, 0.05) is 57.5 Å². The lowest BCUT2D eigenvalue weighted by Crippen LogP contribution is -2.53. The molecule has 1 saturated heterocycles. The second kappa shape index (κ2) is 19.3. The van der Waals surface area contributed by atoms with Crippen LogP contribution in [0.2, 0.25) is 0 Å². The molecule has 2 aromatic carbocycles. The molecule has 3 fully saturated rings. The molecule has 1 aliphatic heterocycles. The van der Waals surface area contributed by atoms with Crippen LogP contribution in [0.1, 0.15) is 67.7 Å². The molecule has 0 amide bonds. The summed E-state index contributed by atoms with van der Waals surface area (Å²) in [6.07, 6.45) is 4.67. The highest BCUT2D eigenvalue weighted by molar-refractivity contribution is 7.80. The van der Waals surface area contributed by atoms with Gasteiger partial charge in [-0.1, -0.05) is 25.1 Å². The van der Waals surface area contributed by atoms with Crippen molar-refractivity contribution in [1.29, 1.82) is 0 Å². The van der Waals surface area contributed by atoms with Crippen molar-refractivity contribution in [2.45, 2.75) is 69.6 Å². The summed E-state index contributed by atoms with van der Waals surface area (Å²) in [6, 6.07) is 12.6. The molecule has 4 aliphatic rings. The zero-order chi connectivity index (χ0) is 42.4. The van der Waals surface area contributed by atoms with E-state index in [1.807, 2.05) is 36.4 Å². The average molecular weight is 839 g/mol. The molecule has 8 N–H and O–H groups in total. The van der Waals surface area contributed by atoms with Crippen molar-refractivity contribution >= 4 is 46.9 Å². The third-order valence-corrected chi connectivity index (χ3v) is 13.5. The molecule has 0 aromatic heterocycles. The summed E-state index contributed by atoms with van der Waals surface area (Å²) in [4.78, 5) is 54.2. The van der Waals surface area contributed by atoms with Crippen LogP contribution in [0.3, 0.4) is 0 Å². The summed E-state index contributed by atoms with van der Waals surface area (Å²) in [6.45, 7) is 2.44. The first kappa shape index (κ1) is 44.2.